The Balaban J connectivity index is 1.05. The summed E-state index contributed by atoms with van der Waals surface area (Å²) in [5.41, 5.74) is 2.44. The van der Waals surface area contributed by atoms with Crippen LogP contribution in [-0.4, -0.2) is 41.1 Å². The largest absolute Gasteiger partial charge is 0.416 e. The first-order valence-electron chi connectivity index (χ1n) is 13.7. The minimum absolute atomic E-state index is 0.0303. The normalized spacial score (nSPS) is 13.5. The maximum Gasteiger partial charge on any atom is 0.416 e. The van der Waals surface area contributed by atoms with Crippen LogP contribution in [0.5, 0.6) is 0 Å². The summed E-state index contributed by atoms with van der Waals surface area (Å²) in [6, 6.07) is 7.21. The maximum absolute atomic E-state index is 14.8. The van der Waals surface area contributed by atoms with Gasteiger partial charge >= 0.3 is 6.18 Å². The number of pyridine rings is 1. The second kappa shape index (κ2) is 11.5. The van der Waals surface area contributed by atoms with Crippen LogP contribution in [0, 0.1) is 11.6 Å². The van der Waals surface area contributed by atoms with Gasteiger partial charge in [0.2, 0.25) is 0 Å². The van der Waals surface area contributed by atoms with E-state index in [-0.39, 0.29) is 23.9 Å². The van der Waals surface area contributed by atoms with E-state index < -0.39 is 29.3 Å². The lowest BCUT2D eigenvalue weighted by molar-refractivity contribution is -0.137. The molecule has 6 rings (SSSR count). The molecule has 14 heteroatoms. The molecular weight excluding hydrogens is 571 g/mol. The number of halogens is 5. The first-order valence-corrected chi connectivity index (χ1v) is 13.7. The van der Waals surface area contributed by atoms with Gasteiger partial charge in [-0.05, 0) is 68.4 Å². The third-order valence-electron chi connectivity index (χ3n) is 7.24. The average Bonchev–Trinajstić information content (AvgIpc) is 3.60. The molecule has 43 heavy (non-hydrogen) atoms. The predicted molar refractivity (Wildman–Crippen MR) is 145 cm³/mol. The van der Waals surface area contributed by atoms with Crippen molar-refractivity contribution in [3.63, 3.8) is 0 Å². The molecule has 0 saturated heterocycles. The van der Waals surface area contributed by atoms with E-state index in [1.807, 2.05) is 6.07 Å². The van der Waals surface area contributed by atoms with Crippen LogP contribution in [0.25, 0.3) is 22.2 Å². The first-order chi connectivity index (χ1) is 20.7. The maximum atomic E-state index is 14.8. The Morgan fingerprint density at radius 3 is 2.63 bits per heavy atom. The van der Waals surface area contributed by atoms with E-state index in [2.05, 4.69) is 35.8 Å². The molecule has 2 N–H and O–H groups in total. The number of rotatable bonds is 10. The van der Waals surface area contributed by atoms with Crippen LogP contribution in [0.1, 0.15) is 64.7 Å². The Labute approximate surface area is 241 Å². The molecule has 1 aliphatic rings. The lowest BCUT2D eigenvalue weighted by atomic mass is 9.99. The van der Waals surface area contributed by atoms with Crippen molar-refractivity contribution in [2.24, 2.45) is 0 Å². The first kappa shape index (κ1) is 28.4. The Morgan fingerprint density at radius 1 is 1.02 bits per heavy atom. The summed E-state index contributed by atoms with van der Waals surface area (Å²) in [6.45, 7) is 0.271. The van der Waals surface area contributed by atoms with Crippen molar-refractivity contribution in [3.05, 3.63) is 88.8 Å². The minimum Gasteiger partial charge on any atom is -0.345 e. The van der Waals surface area contributed by atoms with Crippen LogP contribution in [0.3, 0.4) is 0 Å². The Morgan fingerprint density at radius 2 is 1.86 bits per heavy atom. The number of hydrogen-bond donors (Lipinski definition) is 2. The van der Waals surface area contributed by atoms with Crippen molar-refractivity contribution < 1.29 is 26.7 Å². The number of aromatic amines is 1. The van der Waals surface area contributed by atoms with E-state index in [1.165, 1.54) is 23.0 Å². The van der Waals surface area contributed by atoms with Gasteiger partial charge in [0, 0.05) is 41.0 Å². The SMILES string of the molecule is O=C(NCc1cc(C(F)(F)F)ccn1)c1cn(CCCCc2cc3c(-c4ccc(F)cc4F)c(C4CC4)[nH]c3nn2)nn1. The number of fused-ring (bicyclic) bond motifs is 1. The van der Waals surface area contributed by atoms with Gasteiger partial charge in [0.15, 0.2) is 11.3 Å². The highest BCUT2D eigenvalue weighted by Crippen LogP contribution is 2.47. The van der Waals surface area contributed by atoms with Crippen molar-refractivity contribution in [2.75, 3.05) is 0 Å². The average molecular weight is 597 g/mol. The molecule has 0 radical (unpaired) electrons. The van der Waals surface area contributed by atoms with Crippen LogP contribution in [0.15, 0.2) is 48.8 Å². The second-order valence-electron chi connectivity index (χ2n) is 10.5. The molecule has 0 bridgehead atoms. The van der Waals surface area contributed by atoms with Gasteiger partial charge < -0.3 is 10.3 Å². The second-order valence-corrected chi connectivity index (χ2v) is 10.5. The molecule has 1 saturated carbocycles. The molecule has 4 heterocycles. The molecule has 5 aromatic rings. The summed E-state index contributed by atoms with van der Waals surface area (Å²) in [5.74, 6) is -1.57. The van der Waals surface area contributed by atoms with Crippen molar-refractivity contribution in [1.82, 2.24) is 40.5 Å². The summed E-state index contributed by atoms with van der Waals surface area (Å²) in [5, 5.41) is 19.7. The van der Waals surface area contributed by atoms with Crippen molar-refractivity contribution in [3.8, 4) is 11.1 Å². The number of carbonyl (C=O) groups is 1. The highest BCUT2D eigenvalue weighted by molar-refractivity contribution is 5.96. The number of unbranched alkanes of at least 4 members (excludes halogenated alkanes) is 1. The number of aromatic nitrogens is 7. The molecule has 1 aliphatic carbocycles. The quantitative estimate of drug-likeness (QED) is 0.157. The fourth-order valence-corrected chi connectivity index (χ4v) is 4.94. The van der Waals surface area contributed by atoms with Gasteiger partial charge in [-0.2, -0.15) is 18.3 Å². The number of amides is 1. The third-order valence-corrected chi connectivity index (χ3v) is 7.24. The molecular formula is C29H25F5N8O. The monoisotopic (exact) mass is 596 g/mol. The highest BCUT2D eigenvalue weighted by Gasteiger charge is 2.32. The molecule has 1 amide bonds. The molecule has 0 spiro atoms. The number of benzene rings is 1. The van der Waals surface area contributed by atoms with Gasteiger partial charge in [-0.1, -0.05) is 5.21 Å². The van der Waals surface area contributed by atoms with Gasteiger partial charge in [0.05, 0.1) is 29.7 Å². The smallest absolute Gasteiger partial charge is 0.345 e. The summed E-state index contributed by atoms with van der Waals surface area (Å²) in [7, 11) is 0. The molecule has 1 fully saturated rings. The van der Waals surface area contributed by atoms with Crippen molar-refractivity contribution >= 4 is 16.9 Å². The number of nitrogens with zero attached hydrogens (tertiary/aromatic N) is 6. The van der Waals surface area contributed by atoms with Gasteiger partial charge in [0.25, 0.3) is 5.91 Å². The molecule has 4 aromatic heterocycles. The van der Waals surface area contributed by atoms with E-state index >= 15 is 0 Å². The number of H-pyrrole nitrogens is 1. The van der Waals surface area contributed by atoms with Crippen LogP contribution >= 0.6 is 0 Å². The summed E-state index contributed by atoms with van der Waals surface area (Å²) in [6.07, 6.45) is 1.95. The summed E-state index contributed by atoms with van der Waals surface area (Å²) in [4.78, 5) is 19.6. The van der Waals surface area contributed by atoms with Crippen LogP contribution < -0.4 is 5.32 Å². The van der Waals surface area contributed by atoms with Gasteiger partial charge in [-0.3, -0.25) is 14.5 Å². The van der Waals surface area contributed by atoms with E-state index in [0.717, 1.165) is 54.0 Å². The Bertz CT molecular complexity index is 1790. The molecule has 9 nitrogen and oxygen atoms in total. The highest BCUT2D eigenvalue weighted by atomic mass is 19.4. The van der Waals surface area contributed by atoms with Crippen LogP contribution in [-0.2, 0) is 25.7 Å². The number of alkyl halides is 3. The van der Waals surface area contributed by atoms with Crippen molar-refractivity contribution in [1.29, 1.82) is 0 Å². The van der Waals surface area contributed by atoms with E-state index in [1.54, 1.807) is 0 Å². The molecule has 0 unspecified atom stereocenters. The lowest BCUT2D eigenvalue weighted by Crippen LogP contribution is -2.24. The van der Waals surface area contributed by atoms with Gasteiger partial charge in [-0.15, -0.1) is 10.2 Å². The van der Waals surface area contributed by atoms with Gasteiger partial charge in [0.1, 0.15) is 11.6 Å². The Kier molecular flexibility index (Phi) is 7.59. The predicted octanol–water partition coefficient (Wildman–Crippen LogP) is 5.74. The lowest BCUT2D eigenvalue weighted by Gasteiger charge is -2.08. The standard InChI is InChI=1S/C29H25F5N8O/c30-18-6-7-21(23(31)12-18)25-22-13-19(38-40-27(22)37-26(25)16-4-5-16)3-1-2-10-42-15-24(39-41-42)28(43)36-14-20-11-17(8-9-35-20)29(32,33)34/h6-9,11-13,15-16H,1-5,10,14H2,(H,36,43)(H,37,40). The topological polar surface area (TPSA) is 114 Å². The zero-order valence-electron chi connectivity index (χ0n) is 22.6. The summed E-state index contributed by atoms with van der Waals surface area (Å²) >= 11 is 0. The summed E-state index contributed by atoms with van der Waals surface area (Å²) < 4.78 is 68.5. The molecule has 0 atom stereocenters. The fourth-order valence-electron chi connectivity index (χ4n) is 4.94. The molecule has 222 valence electrons. The van der Waals surface area contributed by atoms with Crippen LogP contribution in [0.4, 0.5) is 22.0 Å². The third kappa shape index (κ3) is 6.37. The van der Waals surface area contributed by atoms with E-state index in [0.29, 0.717) is 42.6 Å². The number of hydrogen-bond acceptors (Lipinski definition) is 6. The van der Waals surface area contributed by atoms with Crippen molar-refractivity contribution in [2.45, 2.75) is 57.3 Å². The number of nitrogens with one attached hydrogen (secondary N) is 2. The number of aryl methyl sites for hydroxylation is 2. The zero-order valence-corrected chi connectivity index (χ0v) is 22.6. The number of carbonyl (C=O) groups excluding carboxylic acids is 1. The van der Waals surface area contributed by atoms with Crippen LogP contribution in [0.2, 0.25) is 0 Å². The fraction of sp³-hybridized carbons (Fsp3) is 0.310. The Hall–Kier alpha value is -4.75. The molecule has 1 aromatic carbocycles. The zero-order chi connectivity index (χ0) is 30.1. The molecule has 0 aliphatic heterocycles. The van der Waals surface area contributed by atoms with E-state index in [4.69, 9.17) is 0 Å². The minimum atomic E-state index is -4.50. The van der Waals surface area contributed by atoms with Gasteiger partial charge in [-0.25, -0.2) is 8.78 Å². The van der Waals surface area contributed by atoms with E-state index in [9.17, 15) is 26.7 Å².